The first-order valence-electron chi connectivity index (χ1n) is 6.82. The van der Waals surface area contributed by atoms with Crippen LogP contribution in [0.4, 0.5) is 0 Å². The van der Waals surface area contributed by atoms with Crippen LogP contribution in [0.2, 0.25) is 15.1 Å². The van der Waals surface area contributed by atoms with Crippen molar-refractivity contribution in [2.75, 3.05) is 5.34 Å². The number of hydrogen-bond donors (Lipinski definition) is 0. The maximum atomic E-state index is 6.31. The summed E-state index contributed by atoms with van der Waals surface area (Å²) in [5.41, 5.74) is 3.07. The standard InChI is InChI=1S/C13H17Cl3.CH2Cl2.BBr3/c1-4-5-6-7-10-8(2)12(15)13(16)9(3)11(10)14;2-1-3;2-1(3)4/h4-7H2,1-3H3;1H2;. The summed E-state index contributed by atoms with van der Waals surface area (Å²) in [6, 6.07) is 0. The lowest BCUT2D eigenvalue weighted by atomic mass is 9.99. The van der Waals surface area contributed by atoms with Crippen molar-refractivity contribution in [2.24, 2.45) is 0 Å². The van der Waals surface area contributed by atoms with Crippen LogP contribution in [0.3, 0.4) is 0 Å². The summed E-state index contributed by atoms with van der Waals surface area (Å²) in [5, 5.41) is 2.21. The molecule has 0 amide bonds. The summed E-state index contributed by atoms with van der Waals surface area (Å²) in [6.07, 6.45) is 4.55. The smallest absolute Gasteiger partial charge is 0.123 e. The number of halogens is 8. The molecular formula is C14H19BBr3Cl5. The molecule has 0 unspecified atom stereocenters. The molecule has 0 aromatic heterocycles. The molecule has 1 aromatic carbocycles. The minimum absolute atomic E-state index is 0.194. The van der Waals surface area contributed by atoms with Gasteiger partial charge in [-0.3, -0.25) is 0 Å². The molecule has 23 heavy (non-hydrogen) atoms. The van der Waals surface area contributed by atoms with Gasteiger partial charge in [0, 0.05) is 5.02 Å². The summed E-state index contributed by atoms with van der Waals surface area (Å²) < 4.78 is 0.271. The SMILES string of the molecule is BrB(Br)Br.CCCCCc1c(C)c(Cl)c(Cl)c(C)c1Cl.ClCCl. The third-order valence-corrected chi connectivity index (χ3v) is 4.48. The predicted octanol–water partition coefficient (Wildman–Crippen LogP) is 9.57. The average Bonchev–Trinajstić information content (AvgIpc) is 2.47. The fourth-order valence-electron chi connectivity index (χ4n) is 1.80. The van der Waals surface area contributed by atoms with Crippen LogP contribution in [0, 0.1) is 13.8 Å². The first kappa shape index (κ1) is 27.4. The summed E-state index contributed by atoms with van der Waals surface area (Å²) in [7, 11) is 0. The number of alkyl halides is 2. The Labute approximate surface area is 190 Å². The molecule has 0 bridgehead atoms. The molecule has 0 aliphatic carbocycles. The Morgan fingerprint density at radius 3 is 1.61 bits per heavy atom. The quantitative estimate of drug-likeness (QED) is 0.137. The maximum absolute atomic E-state index is 6.31. The lowest BCUT2D eigenvalue weighted by Gasteiger charge is -2.14. The second-order valence-corrected chi connectivity index (χ2v) is 12.9. The molecule has 0 spiro atoms. The monoisotopic (exact) mass is 610 g/mol. The largest absolute Gasteiger partial charge is 0.369 e. The first-order valence-corrected chi connectivity index (χ1v) is 11.8. The highest BCUT2D eigenvalue weighted by Crippen LogP contribution is 2.38. The Balaban J connectivity index is 0. The Kier molecular flexibility index (Phi) is 19.5. The van der Waals surface area contributed by atoms with E-state index in [2.05, 4.69) is 54.2 Å². The van der Waals surface area contributed by atoms with E-state index in [1.165, 1.54) is 12.8 Å². The second-order valence-electron chi connectivity index (χ2n) is 4.48. The second kappa shape index (κ2) is 16.4. The van der Waals surface area contributed by atoms with Crippen LogP contribution >= 0.6 is 105 Å². The summed E-state index contributed by atoms with van der Waals surface area (Å²) in [6.45, 7) is 6.09. The van der Waals surface area contributed by atoms with E-state index in [1.807, 2.05) is 13.8 Å². The molecular weight excluding hydrogens is 596 g/mol. The molecule has 0 radical (unpaired) electrons. The van der Waals surface area contributed by atoms with Gasteiger partial charge in [-0.2, -0.15) is 0 Å². The van der Waals surface area contributed by atoms with Gasteiger partial charge in [-0.1, -0.05) is 54.6 Å². The summed E-state index contributed by atoms with van der Waals surface area (Å²) in [5.74, 6) is 0. The van der Waals surface area contributed by atoms with E-state index in [9.17, 15) is 0 Å². The number of rotatable bonds is 4. The van der Waals surface area contributed by atoms with Gasteiger partial charge in [0.05, 0.1) is 15.4 Å². The van der Waals surface area contributed by atoms with Crippen molar-refractivity contribution < 1.29 is 0 Å². The van der Waals surface area contributed by atoms with E-state index >= 15 is 0 Å². The van der Waals surface area contributed by atoms with Gasteiger partial charge in [0.15, 0.2) is 0 Å². The van der Waals surface area contributed by atoms with Crippen LogP contribution in [-0.4, -0.2) is 8.52 Å². The van der Waals surface area contributed by atoms with E-state index < -0.39 is 0 Å². The zero-order valence-electron chi connectivity index (χ0n) is 13.1. The fraction of sp³-hybridized carbons (Fsp3) is 0.571. The fourth-order valence-corrected chi connectivity index (χ4v) is 2.67. The Hall–Kier alpha value is 2.17. The van der Waals surface area contributed by atoms with Crippen LogP contribution in [-0.2, 0) is 6.42 Å². The van der Waals surface area contributed by atoms with Crippen molar-refractivity contribution in [2.45, 2.75) is 46.5 Å². The molecule has 0 fully saturated rings. The van der Waals surface area contributed by atoms with Crippen molar-refractivity contribution in [3.8, 4) is 0 Å². The Morgan fingerprint density at radius 2 is 1.22 bits per heavy atom. The third kappa shape index (κ3) is 12.2. The third-order valence-electron chi connectivity index (χ3n) is 2.93. The minimum atomic E-state index is 0.194. The highest BCUT2D eigenvalue weighted by molar-refractivity contribution is 9.69. The maximum Gasteiger partial charge on any atom is 0.369 e. The molecule has 0 heterocycles. The van der Waals surface area contributed by atoms with Crippen LogP contribution in [0.5, 0.6) is 0 Å². The molecule has 0 nitrogen and oxygen atoms in total. The van der Waals surface area contributed by atoms with Gasteiger partial charge in [0.25, 0.3) is 0 Å². The molecule has 0 aliphatic heterocycles. The van der Waals surface area contributed by atoms with Crippen molar-refractivity contribution in [3.05, 3.63) is 31.8 Å². The van der Waals surface area contributed by atoms with Crippen molar-refractivity contribution >= 4 is 108 Å². The van der Waals surface area contributed by atoms with Gasteiger partial charge in [-0.05, 0) is 43.4 Å². The van der Waals surface area contributed by atoms with Gasteiger partial charge in [-0.25, -0.2) is 0 Å². The highest BCUT2D eigenvalue weighted by Gasteiger charge is 2.15. The lowest BCUT2D eigenvalue weighted by molar-refractivity contribution is 0.715. The zero-order valence-corrected chi connectivity index (χ0v) is 21.7. The average molecular weight is 615 g/mol. The lowest BCUT2D eigenvalue weighted by Crippen LogP contribution is -1.96. The van der Waals surface area contributed by atoms with E-state index in [0.29, 0.717) is 10.0 Å². The summed E-state index contributed by atoms with van der Waals surface area (Å²) in [4.78, 5) is 0. The molecule has 0 N–H and O–H groups in total. The van der Waals surface area contributed by atoms with E-state index in [1.54, 1.807) is 0 Å². The van der Waals surface area contributed by atoms with Crippen LogP contribution in [0.15, 0.2) is 0 Å². The van der Waals surface area contributed by atoms with Crippen LogP contribution < -0.4 is 0 Å². The van der Waals surface area contributed by atoms with Gasteiger partial charge in [0.2, 0.25) is 0 Å². The van der Waals surface area contributed by atoms with Gasteiger partial charge in [-0.15, -0.1) is 70.5 Å². The first-order chi connectivity index (χ1) is 10.6. The molecule has 9 heteroatoms. The minimum Gasteiger partial charge on any atom is -0.123 e. The zero-order chi connectivity index (χ0) is 18.6. The predicted molar refractivity (Wildman–Crippen MR) is 123 cm³/mol. The van der Waals surface area contributed by atoms with E-state index in [-0.39, 0.29) is 8.52 Å². The molecule has 0 aliphatic rings. The van der Waals surface area contributed by atoms with Crippen molar-refractivity contribution in [3.63, 3.8) is 0 Å². The molecule has 0 saturated carbocycles. The number of benzene rings is 1. The van der Waals surface area contributed by atoms with Gasteiger partial charge >= 0.3 is 3.18 Å². The van der Waals surface area contributed by atoms with E-state index in [0.717, 1.165) is 34.6 Å². The molecule has 0 saturated heterocycles. The number of unbranched alkanes of at least 4 members (excludes halogenated alkanes) is 2. The topological polar surface area (TPSA) is 0 Å². The van der Waals surface area contributed by atoms with Gasteiger partial charge < -0.3 is 0 Å². The molecule has 1 aromatic rings. The molecule has 134 valence electrons. The van der Waals surface area contributed by atoms with Crippen molar-refractivity contribution in [1.82, 2.24) is 0 Å². The number of hydrogen-bond acceptors (Lipinski definition) is 0. The highest BCUT2D eigenvalue weighted by atomic mass is 79.9. The van der Waals surface area contributed by atoms with Crippen molar-refractivity contribution in [1.29, 1.82) is 0 Å². The van der Waals surface area contributed by atoms with Crippen LogP contribution in [0.25, 0.3) is 0 Å². The Bertz CT molecular complexity index is 427. The van der Waals surface area contributed by atoms with Gasteiger partial charge in [0.1, 0.15) is 0 Å². The Morgan fingerprint density at radius 1 is 0.826 bits per heavy atom. The van der Waals surface area contributed by atoms with E-state index in [4.69, 9.17) is 58.0 Å². The normalized spacial score (nSPS) is 9.52. The molecule has 0 atom stereocenters. The van der Waals surface area contributed by atoms with Crippen LogP contribution in [0.1, 0.15) is 42.9 Å². The summed E-state index contributed by atoms with van der Waals surface area (Å²) >= 11 is 37.4. The molecule has 1 rings (SSSR count).